The van der Waals surface area contributed by atoms with Gasteiger partial charge in [-0.3, -0.25) is 24.8 Å². The topological polar surface area (TPSA) is 141 Å². The van der Waals surface area contributed by atoms with E-state index in [0.29, 0.717) is 6.42 Å². The van der Waals surface area contributed by atoms with Crippen LogP contribution in [0.5, 0.6) is 0 Å². The molecule has 0 aromatic rings. The van der Waals surface area contributed by atoms with Crippen LogP contribution in [0.2, 0.25) is 0 Å². The van der Waals surface area contributed by atoms with Gasteiger partial charge in [0.05, 0.1) is 6.42 Å². The Kier molecular flexibility index (Phi) is 8.23. The van der Waals surface area contributed by atoms with E-state index in [1.165, 1.54) is 0 Å². The van der Waals surface area contributed by atoms with Crippen LogP contribution in [0.4, 0.5) is 0 Å². The summed E-state index contributed by atoms with van der Waals surface area (Å²) in [7, 11) is -4.53. The lowest BCUT2D eigenvalue weighted by Gasteiger charge is -2.12. The molecule has 9 nitrogen and oxygen atoms in total. The number of hydrogen-bond acceptors (Lipinski definition) is 6. The molecule has 10 heteroatoms. The van der Waals surface area contributed by atoms with Crippen LogP contribution < -0.4 is 0 Å². The minimum atomic E-state index is -4.53. The van der Waals surface area contributed by atoms with Crippen molar-refractivity contribution in [3.8, 4) is 0 Å². The van der Waals surface area contributed by atoms with Crippen LogP contribution in [-0.2, 0) is 10.1 Å². The van der Waals surface area contributed by atoms with E-state index in [2.05, 4.69) is 0 Å². The SMILES string of the molecule is CCCCCCC(CC(CS(=O)(=O)O)[N+](=O)[O-])[N+](=O)[O-]. The van der Waals surface area contributed by atoms with Crippen LogP contribution in [0.1, 0.15) is 45.4 Å². The van der Waals surface area contributed by atoms with Crippen molar-refractivity contribution in [1.29, 1.82) is 0 Å². The van der Waals surface area contributed by atoms with Gasteiger partial charge in [0, 0.05) is 16.3 Å². The van der Waals surface area contributed by atoms with Crippen LogP contribution in [0.15, 0.2) is 0 Å². The largest absolute Gasteiger partial charge is 0.285 e. The third-order valence-electron chi connectivity index (χ3n) is 2.93. The number of nitro groups is 2. The van der Waals surface area contributed by atoms with Crippen molar-refractivity contribution in [1.82, 2.24) is 0 Å². The highest BCUT2D eigenvalue weighted by Crippen LogP contribution is 2.15. The highest BCUT2D eigenvalue weighted by atomic mass is 32.2. The van der Waals surface area contributed by atoms with Crippen LogP contribution >= 0.6 is 0 Å². The third kappa shape index (κ3) is 8.75. The first-order chi connectivity index (χ1) is 9.17. The molecule has 0 radical (unpaired) electrons. The zero-order chi connectivity index (χ0) is 15.8. The van der Waals surface area contributed by atoms with E-state index in [0.717, 1.165) is 19.3 Å². The highest BCUT2D eigenvalue weighted by Gasteiger charge is 2.34. The van der Waals surface area contributed by atoms with E-state index < -0.39 is 44.2 Å². The summed E-state index contributed by atoms with van der Waals surface area (Å²) in [6, 6.07) is -2.82. The van der Waals surface area contributed by atoms with Gasteiger partial charge in [-0.25, -0.2) is 0 Å². The molecule has 2 unspecified atom stereocenters. The fourth-order valence-electron chi connectivity index (χ4n) is 1.89. The Morgan fingerprint density at radius 2 is 1.60 bits per heavy atom. The van der Waals surface area contributed by atoms with Gasteiger partial charge in [0.25, 0.3) is 10.1 Å². The average Bonchev–Trinajstić information content (AvgIpc) is 2.29. The Morgan fingerprint density at radius 3 is 2.00 bits per heavy atom. The summed E-state index contributed by atoms with van der Waals surface area (Å²) < 4.78 is 30.0. The summed E-state index contributed by atoms with van der Waals surface area (Å²) in [5, 5.41) is 21.6. The fraction of sp³-hybridized carbons (Fsp3) is 1.00. The summed E-state index contributed by atoms with van der Waals surface area (Å²) in [6.07, 6.45) is 2.92. The molecule has 0 rings (SSSR count). The summed E-state index contributed by atoms with van der Waals surface area (Å²) in [5.41, 5.74) is 0. The molecule has 0 aliphatic rings. The second kappa shape index (κ2) is 8.80. The first-order valence-corrected chi connectivity index (χ1v) is 8.00. The molecule has 1 N–H and O–H groups in total. The molecule has 0 aromatic heterocycles. The second-order valence-corrected chi connectivity index (χ2v) is 6.21. The van der Waals surface area contributed by atoms with Gasteiger partial charge in [-0.1, -0.05) is 26.2 Å². The Bertz CT molecular complexity index is 423. The molecule has 0 bridgehead atoms. The van der Waals surface area contributed by atoms with E-state index in [-0.39, 0.29) is 6.42 Å². The fourth-order valence-corrected chi connectivity index (χ4v) is 2.63. The molecule has 0 aliphatic heterocycles. The maximum Gasteiger partial charge on any atom is 0.271 e. The van der Waals surface area contributed by atoms with Gasteiger partial charge in [-0.15, -0.1) is 0 Å². The van der Waals surface area contributed by atoms with Gasteiger partial charge in [0.1, 0.15) is 5.75 Å². The Hall–Kier alpha value is -1.29. The van der Waals surface area contributed by atoms with Crippen molar-refractivity contribution in [2.45, 2.75) is 57.5 Å². The standard InChI is InChI=1S/C10H20N2O7S/c1-2-3-4-5-6-9(11(13)14)7-10(12(15)16)8-20(17,18)19/h9-10H,2-8H2,1H3,(H,17,18,19). The number of unbranched alkanes of at least 4 members (excludes halogenated alkanes) is 3. The van der Waals surface area contributed by atoms with Crippen LogP contribution in [-0.4, -0.2) is 40.7 Å². The minimum absolute atomic E-state index is 0.169. The van der Waals surface area contributed by atoms with E-state index in [1.54, 1.807) is 0 Å². The van der Waals surface area contributed by atoms with Crippen LogP contribution in [0, 0.1) is 20.2 Å². The molecule has 0 amide bonds. The smallest absolute Gasteiger partial charge is 0.271 e. The Balaban J connectivity index is 4.59. The predicted molar refractivity (Wildman–Crippen MR) is 71.4 cm³/mol. The molecular weight excluding hydrogens is 292 g/mol. The predicted octanol–water partition coefficient (Wildman–Crippen LogP) is 1.53. The van der Waals surface area contributed by atoms with E-state index in [4.69, 9.17) is 4.55 Å². The zero-order valence-electron chi connectivity index (χ0n) is 11.3. The first-order valence-electron chi connectivity index (χ1n) is 6.39. The van der Waals surface area contributed by atoms with Crippen molar-refractivity contribution in [3.63, 3.8) is 0 Å². The molecule has 0 spiro atoms. The van der Waals surface area contributed by atoms with E-state index in [9.17, 15) is 28.6 Å². The first kappa shape index (κ1) is 18.7. The monoisotopic (exact) mass is 312 g/mol. The van der Waals surface area contributed by atoms with Gasteiger partial charge in [0.15, 0.2) is 0 Å². The van der Waals surface area contributed by atoms with Crippen LogP contribution in [0.25, 0.3) is 0 Å². The highest BCUT2D eigenvalue weighted by molar-refractivity contribution is 7.85. The Morgan fingerprint density at radius 1 is 1.05 bits per heavy atom. The quantitative estimate of drug-likeness (QED) is 0.264. The lowest BCUT2D eigenvalue weighted by molar-refractivity contribution is -0.557. The lowest BCUT2D eigenvalue weighted by Crippen LogP contribution is -2.35. The zero-order valence-corrected chi connectivity index (χ0v) is 12.1. The Labute approximate surface area is 117 Å². The third-order valence-corrected chi connectivity index (χ3v) is 3.74. The molecule has 20 heavy (non-hydrogen) atoms. The van der Waals surface area contributed by atoms with Crippen molar-refractivity contribution >= 4 is 10.1 Å². The van der Waals surface area contributed by atoms with Crippen molar-refractivity contribution < 1.29 is 22.8 Å². The summed E-state index contributed by atoms with van der Waals surface area (Å²) >= 11 is 0. The molecule has 0 saturated heterocycles. The minimum Gasteiger partial charge on any atom is -0.285 e. The van der Waals surface area contributed by atoms with E-state index in [1.807, 2.05) is 6.92 Å². The van der Waals surface area contributed by atoms with Gasteiger partial charge in [0.2, 0.25) is 12.1 Å². The average molecular weight is 312 g/mol. The van der Waals surface area contributed by atoms with Gasteiger partial charge < -0.3 is 0 Å². The number of hydrogen-bond donors (Lipinski definition) is 1. The number of nitrogens with zero attached hydrogens (tertiary/aromatic N) is 2. The molecule has 0 aromatic carbocycles. The normalized spacial score (nSPS) is 14.7. The van der Waals surface area contributed by atoms with Crippen molar-refractivity contribution in [2.75, 3.05) is 5.75 Å². The van der Waals surface area contributed by atoms with Crippen molar-refractivity contribution in [3.05, 3.63) is 20.2 Å². The second-order valence-electron chi connectivity index (χ2n) is 4.71. The van der Waals surface area contributed by atoms with Gasteiger partial charge in [-0.05, 0) is 6.42 Å². The number of rotatable bonds is 11. The van der Waals surface area contributed by atoms with Gasteiger partial charge >= 0.3 is 0 Å². The van der Waals surface area contributed by atoms with Gasteiger partial charge in [-0.2, -0.15) is 8.42 Å². The molecule has 118 valence electrons. The molecule has 0 fully saturated rings. The summed E-state index contributed by atoms with van der Waals surface area (Å²) in [6.45, 7) is 1.99. The molecule has 2 atom stereocenters. The lowest BCUT2D eigenvalue weighted by atomic mass is 10.0. The van der Waals surface area contributed by atoms with E-state index >= 15 is 0 Å². The molecular formula is C10H20N2O7S. The van der Waals surface area contributed by atoms with Crippen LogP contribution in [0.3, 0.4) is 0 Å². The summed E-state index contributed by atoms with van der Waals surface area (Å²) in [5.74, 6) is -1.10. The maximum atomic E-state index is 10.9. The summed E-state index contributed by atoms with van der Waals surface area (Å²) in [4.78, 5) is 20.1. The molecule has 0 saturated carbocycles. The molecule has 0 aliphatic carbocycles. The van der Waals surface area contributed by atoms with Crippen molar-refractivity contribution in [2.24, 2.45) is 0 Å². The maximum absolute atomic E-state index is 10.9. The molecule has 0 heterocycles.